The van der Waals surface area contributed by atoms with E-state index in [4.69, 9.17) is 5.73 Å². The Balaban J connectivity index is 2.62. The SMILES string of the molecule is CCn1cc(CS(=O)(=O)C(C)C)c2cccc(CN)c21. The Morgan fingerprint density at radius 1 is 1.25 bits per heavy atom. The maximum atomic E-state index is 12.2. The normalized spacial score (nSPS) is 12.4. The van der Waals surface area contributed by atoms with Crippen molar-refractivity contribution in [2.24, 2.45) is 5.73 Å². The molecule has 20 heavy (non-hydrogen) atoms. The van der Waals surface area contributed by atoms with Gasteiger partial charge in [0.05, 0.1) is 16.5 Å². The largest absolute Gasteiger partial charge is 0.347 e. The van der Waals surface area contributed by atoms with Crippen LogP contribution in [0.1, 0.15) is 31.9 Å². The predicted molar refractivity (Wildman–Crippen MR) is 83.3 cm³/mol. The maximum Gasteiger partial charge on any atom is 0.156 e. The first-order valence-electron chi connectivity index (χ1n) is 6.92. The van der Waals surface area contributed by atoms with E-state index >= 15 is 0 Å². The lowest BCUT2D eigenvalue weighted by Gasteiger charge is -2.07. The molecule has 0 aliphatic heterocycles. The van der Waals surface area contributed by atoms with E-state index in [0.29, 0.717) is 6.54 Å². The second-order valence-electron chi connectivity index (χ2n) is 5.31. The third-order valence-corrected chi connectivity index (χ3v) is 5.85. The number of hydrogen-bond donors (Lipinski definition) is 1. The standard InChI is InChI=1S/C15H22N2O2S/c1-4-17-9-13(10-20(18,19)11(2)3)14-7-5-6-12(8-16)15(14)17/h5-7,9,11H,4,8,10,16H2,1-3H3. The van der Waals surface area contributed by atoms with Crippen molar-refractivity contribution in [3.05, 3.63) is 35.5 Å². The lowest BCUT2D eigenvalue weighted by molar-refractivity contribution is 0.586. The van der Waals surface area contributed by atoms with Gasteiger partial charge in [0.15, 0.2) is 9.84 Å². The summed E-state index contributed by atoms with van der Waals surface area (Å²) in [6.45, 7) is 6.75. The van der Waals surface area contributed by atoms with Gasteiger partial charge in [0, 0.05) is 24.7 Å². The number of aromatic nitrogens is 1. The molecule has 0 unspecified atom stereocenters. The van der Waals surface area contributed by atoms with Crippen LogP contribution in [0.4, 0.5) is 0 Å². The van der Waals surface area contributed by atoms with E-state index in [1.165, 1.54) is 0 Å². The van der Waals surface area contributed by atoms with Gasteiger partial charge >= 0.3 is 0 Å². The highest BCUT2D eigenvalue weighted by Crippen LogP contribution is 2.27. The predicted octanol–water partition coefficient (Wildman–Crippen LogP) is 2.44. The first kappa shape index (κ1) is 15.1. The fourth-order valence-corrected chi connectivity index (χ4v) is 3.42. The van der Waals surface area contributed by atoms with Gasteiger partial charge in [0.1, 0.15) is 0 Å². The fraction of sp³-hybridized carbons (Fsp3) is 0.467. The van der Waals surface area contributed by atoms with Gasteiger partial charge in [-0.15, -0.1) is 0 Å². The van der Waals surface area contributed by atoms with Gasteiger partial charge in [-0.25, -0.2) is 8.42 Å². The molecule has 0 spiro atoms. The van der Waals surface area contributed by atoms with E-state index in [1.807, 2.05) is 31.3 Å². The molecule has 0 radical (unpaired) electrons. The third kappa shape index (κ3) is 2.60. The highest BCUT2D eigenvalue weighted by molar-refractivity contribution is 7.91. The van der Waals surface area contributed by atoms with Crippen LogP contribution >= 0.6 is 0 Å². The summed E-state index contributed by atoms with van der Waals surface area (Å²) >= 11 is 0. The van der Waals surface area contributed by atoms with Crippen LogP contribution in [0.3, 0.4) is 0 Å². The van der Waals surface area contributed by atoms with Crippen molar-refractivity contribution >= 4 is 20.7 Å². The minimum absolute atomic E-state index is 0.0855. The fourth-order valence-electron chi connectivity index (χ4n) is 2.42. The number of sulfone groups is 1. The van der Waals surface area contributed by atoms with Crippen molar-refractivity contribution in [2.75, 3.05) is 0 Å². The maximum absolute atomic E-state index is 12.2. The summed E-state index contributed by atoms with van der Waals surface area (Å²) in [5.74, 6) is 0.0855. The van der Waals surface area contributed by atoms with Gasteiger partial charge in [0.25, 0.3) is 0 Å². The van der Waals surface area contributed by atoms with Gasteiger partial charge in [-0.2, -0.15) is 0 Å². The summed E-state index contributed by atoms with van der Waals surface area (Å²) < 4.78 is 26.4. The molecule has 2 N–H and O–H groups in total. The van der Waals surface area contributed by atoms with Crippen molar-refractivity contribution in [1.82, 2.24) is 4.57 Å². The van der Waals surface area contributed by atoms with Crippen molar-refractivity contribution in [2.45, 2.75) is 44.9 Å². The van der Waals surface area contributed by atoms with Gasteiger partial charge in [-0.3, -0.25) is 0 Å². The van der Waals surface area contributed by atoms with Gasteiger partial charge < -0.3 is 10.3 Å². The van der Waals surface area contributed by atoms with E-state index in [0.717, 1.165) is 28.6 Å². The van der Waals surface area contributed by atoms with Crippen LogP contribution in [0.15, 0.2) is 24.4 Å². The second kappa shape index (κ2) is 5.58. The third-order valence-electron chi connectivity index (χ3n) is 3.70. The van der Waals surface area contributed by atoms with E-state index in [-0.39, 0.29) is 11.0 Å². The number of nitrogens with two attached hydrogens (primary N) is 1. The molecule has 0 bridgehead atoms. The van der Waals surface area contributed by atoms with Crippen LogP contribution in [0.5, 0.6) is 0 Å². The summed E-state index contributed by atoms with van der Waals surface area (Å²) in [5, 5.41) is 0.638. The van der Waals surface area contributed by atoms with Crippen molar-refractivity contribution in [1.29, 1.82) is 0 Å². The summed E-state index contributed by atoms with van der Waals surface area (Å²) in [6.07, 6.45) is 1.95. The van der Waals surface area contributed by atoms with Crippen LogP contribution in [0.2, 0.25) is 0 Å². The molecule has 1 aromatic carbocycles. The zero-order chi connectivity index (χ0) is 14.9. The van der Waals surface area contributed by atoms with E-state index in [9.17, 15) is 8.42 Å². The zero-order valence-electron chi connectivity index (χ0n) is 12.3. The quantitative estimate of drug-likeness (QED) is 0.921. The molecule has 1 aromatic heterocycles. The molecule has 110 valence electrons. The summed E-state index contributed by atoms with van der Waals surface area (Å²) in [4.78, 5) is 0. The van der Waals surface area contributed by atoms with Crippen LogP contribution in [-0.2, 0) is 28.7 Å². The highest BCUT2D eigenvalue weighted by atomic mass is 32.2. The Morgan fingerprint density at radius 2 is 1.95 bits per heavy atom. The highest BCUT2D eigenvalue weighted by Gasteiger charge is 2.20. The number of fused-ring (bicyclic) bond motifs is 1. The number of aryl methyl sites for hydroxylation is 1. The molecule has 0 fully saturated rings. The number of rotatable bonds is 5. The molecule has 0 amide bonds. The topological polar surface area (TPSA) is 65.1 Å². The van der Waals surface area contributed by atoms with Gasteiger partial charge in [-0.1, -0.05) is 18.2 Å². The van der Waals surface area contributed by atoms with Crippen LogP contribution < -0.4 is 5.73 Å². The Kier molecular flexibility index (Phi) is 4.20. The Morgan fingerprint density at radius 3 is 2.50 bits per heavy atom. The summed E-state index contributed by atoms with van der Waals surface area (Å²) in [7, 11) is -3.10. The monoisotopic (exact) mass is 294 g/mol. The number of benzene rings is 1. The van der Waals surface area contributed by atoms with Crippen LogP contribution in [0, 0.1) is 0 Å². The molecule has 2 rings (SSSR count). The summed E-state index contributed by atoms with van der Waals surface area (Å²) in [5.41, 5.74) is 8.77. The molecule has 4 nitrogen and oxygen atoms in total. The minimum atomic E-state index is -3.10. The first-order chi connectivity index (χ1) is 9.40. The van der Waals surface area contributed by atoms with Crippen LogP contribution in [-0.4, -0.2) is 18.2 Å². The molecule has 0 aliphatic rings. The lowest BCUT2D eigenvalue weighted by Crippen LogP contribution is -2.15. The first-order valence-corrected chi connectivity index (χ1v) is 8.63. The Bertz CT molecular complexity index is 715. The smallest absolute Gasteiger partial charge is 0.156 e. The molecule has 0 saturated carbocycles. The number of hydrogen-bond acceptors (Lipinski definition) is 3. The molecular formula is C15H22N2O2S. The average Bonchev–Trinajstić information content (AvgIpc) is 2.76. The molecule has 0 aliphatic carbocycles. The Hall–Kier alpha value is -1.33. The van der Waals surface area contributed by atoms with Crippen molar-refractivity contribution in [3.63, 3.8) is 0 Å². The molecule has 2 aromatic rings. The van der Waals surface area contributed by atoms with Crippen LogP contribution in [0.25, 0.3) is 10.9 Å². The molecule has 1 heterocycles. The average molecular weight is 294 g/mol. The molecule has 0 atom stereocenters. The second-order valence-corrected chi connectivity index (χ2v) is 7.87. The molecule has 5 heteroatoms. The van der Waals surface area contributed by atoms with E-state index in [2.05, 4.69) is 4.57 Å². The van der Waals surface area contributed by atoms with E-state index in [1.54, 1.807) is 13.8 Å². The molecule has 0 saturated heterocycles. The lowest BCUT2D eigenvalue weighted by atomic mass is 10.1. The van der Waals surface area contributed by atoms with Gasteiger partial charge in [-0.05, 0) is 31.9 Å². The van der Waals surface area contributed by atoms with E-state index < -0.39 is 9.84 Å². The number of para-hydroxylation sites is 1. The van der Waals surface area contributed by atoms with Gasteiger partial charge in [0.2, 0.25) is 0 Å². The summed E-state index contributed by atoms with van der Waals surface area (Å²) in [6, 6.07) is 5.91. The number of nitrogens with zero attached hydrogens (tertiary/aromatic N) is 1. The molecular weight excluding hydrogens is 272 g/mol. The zero-order valence-corrected chi connectivity index (χ0v) is 13.1. The Labute approximate surface area is 120 Å². The minimum Gasteiger partial charge on any atom is -0.347 e. The van der Waals surface area contributed by atoms with Crippen molar-refractivity contribution < 1.29 is 8.42 Å². The van der Waals surface area contributed by atoms with Crippen molar-refractivity contribution in [3.8, 4) is 0 Å².